The van der Waals surface area contributed by atoms with E-state index in [1.165, 1.54) is 43.2 Å². The van der Waals surface area contributed by atoms with E-state index in [2.05, 4.69) is 47.8 Å². The summed E-state index contributed by atoms with van der Waals surface area (Å²) in [5, 5.41) is 13.0. The molecule has 2 aromatic rings. The van der Waals surface area contributed by atoms with E-state index in [4.69, 9.17) is 9.84 Å². The number of para-hydroxylation sites is 1. The second-order valence-corrected chi connectivity index (χ2v) is 6.85. The average Bonchev–Trinajstić information content (AvgIpc) is 2.68. The molecule has 3 heteroatoms. The number of ether oxygens (including phenoxy) is 1. The van der Waals surface area contributed by atoms with Crippen LogP contribution in [0.1, 0.15) is 49.3 Å². The minimum absolute atomic E-state index is 0.0355. The van der Waals surface area contributed by atoms with Gasteiger partial charge in [-0.05, 0) is 30.9 Å². The molecule has 2 N–H and O–H groups in total. The predicted molar refractivity (Wildman–Crippen MR) is 102 cm³/mol. The lowest BCUT2D eigenvalue weighted by molar-refractivity contribution is 0.198. The summed E-state index contributed by atoms with van der Waals surface area (Å²) in [7, 11) is 0. The number of aliphatic hydroxyl groups is 1. The normalized spacial score (nSPS) is 16.5. The quantitative estimate of drug-likeness (QED) is 0.755. The second-order valence-electron chi connectivity index (χ2n) is 6.85. The smallest absolute Gasteiger partial charge is 0.124 e. The van der Waals surface area contributed by atoms with Crippen LogP contribution in [0.2, 0.25) is 0 Å². The zero-order valence-corrected chi connectivity index (χ0v) is 14.9. The lowest BCUT2D eigenvalue weighted by atomic mass is 9.92. The third-order valence-corrected chi connectivity index (χ3v) is 4.97. The van der Waals surface area contributed by atoms with E-state index < -0.39 is 0 Å². The van der Waals surface area contributed by atoms with Crippen molar-refractivity contribution in [1.82, 2.24) is 5.32 Å². The van der Waals surface area contributed by atoms with Crippen molar-refractivity contribution in [3.8, 4) is 5.75 Å². The van der Waals surface area contributed by atoms with Crippen LogP contribution in [0.5, 0.6) is 5.75 Å². The number of benzene rings is 2. The third kappa shape index (κ3) is 5.32. The first-order valence-corrected chi connectivity index (χ1v) is 9.49. The van der Waals surface area contributed by atoms with Gasteiger partial charge in [0.15, 0.2) is 0 Å². The topological polar surface area (TPSA) is 41.5 Å². The van der Waals surface area contributed by atoms with Crippen LogP contribution in [0, 0.1) is 0 Å². The van der Waals surface area contributed by atoms with E-state index in [9.17, 15) is 0 Å². The van der Waals surface area contributed by atoms with Crippen LogP contribution in [0.4, 0.5) is 0 Å². The number of hydrogen-bond acceptors (Lipinski definition) is 3. The van der Waals surface area contributed by atoms with Gasteiger partial charge >= 0.3 is 0 Å². The first-order valence-electron chi connectivity index (χ1n) is 9.49. The van der Waals surface area contributed by atoms with E-state index in [1.807, 2.05) is 12.1 Å². The van der Waals surface area contributed by atoms with Crippen molar-refractivity contribution < 1.29 is 9.84 Å². The highest BCUT2D eigenvalue weighted by Gasteiger charge is 2.22. The van der Waals surface area contributed by atoms with Gasteiger partial charge in [0.1, 0.15) is 12.4 Å². The molecular weight excluding hydrogens is 310 g/mol. The molecule has 0 spiro atoms. The fraction of sp³-hybridized carbons (Fsp3) is 0.455. The summed E-state index contributed by atoms with van der Waals surface area (Å²) in [4.78, 5) is 0. The Bertz CT molecular complexity index is 623. The van der Waals surface area contributed by atoms with E-state index in [0.29, 0.717) is 12.6 Å². The highest BCUT2D eigenvalue weighted by atomic mass is 16.5. The van der Waals surface area contributed by atoms with Gasteiger partial charge in [-0.2, -0.15) is 0 Å². The Morgan fingerprint density at radius 3 is 2.44 bits per heavy atom. The van der Waals surface area contributed by atoms with Gasteiger partial charge in [-0.3, -0.25) is 0 Å². The molecule has 2 aromatic carbocycles. The molecule has 1 atom stereocenters. The summed E-state index contributed by atoms with van der Waals surface area (Å²) in [6.45, 7) is 0.367. The third-order valence-electron chi connectivity index (χ3n) is 4.97. The van der Waals surface area contributed by atoms with Gasteiger partial charge in [0.2, 0.25) is 0 Å². The maximum atomic E-state index is 9.11. The fourth-order valence-corrected chi connectivity index (χ4v) is 3.72. The highest BCUT2D eigenvalue weighted by Crippen LogP contribution is 2.30. The summed E-state index contributed by atoms with van der Waals surface area (Å²) < 4.78 is 5.80. The summed E-state index contributed by atoms with van der Waals surface area (Å²) in [6, 6.07) is 19.7. The van der Waals surface area contributed by atoms with Crippen molar-refractivity contribution in [2.75, 3.05) is 13.2 Å². The Morgan fingerprint density at radius 1 is 0.960 bits per heavy atom. The molecule has 25 heavy (non-hydrogen) atoms. The average molecular weight is 339 g/mol. The maximum absolute atomic E-state index is 9.11. The maximum Gasteiger partial charge on any atom is 0.124 e. The Labute approximate surface area is 151 Å². The summed E-state index contributed by atoms with van der Waals surface area (Å²) in [5.41, 5.74) is 2.51. The molecule has 0 aromatic heterocycles. The van der Waals surface area contributed by atoms with Crippen molar-refractivity contribution in [3.63, 3.8) is 0 Å². The molecule has 1 aliphatic carbocycles. The SMILES string of the molecule is OCCOc1ccccc1[C@@H](Cc1ccccc1)NC1CCCCC1. The van der Waals surface area contributed by atoms with Gasteiger partial charge in [0.05, 0.1) is 6.61 Å². The van der Waals surface area contributed by atoms with Crippen LogP contribution in [0.25, 0.3) is 0 Å². The van der Waals surface area contributed by atoms with Gasteiger partial charge in [-0.25, -0.2) is 0 Å². The molecule has 0 amide bonds. The molecule has 0 aliphatic heterocycles. The number of rotatable bonds is 8. The van der Waals surface area contributed by atoms with Gasteiger partial charge in [0, 0.05) is 17.6 Å². The van der Waals surface area contributed by atoms with Crippen molar-refractivity contribution in [2.24, 2.45) is 0 Å². The first-order chi connectivity index (χ1) is 12.4. The predicted octanol–water partition coefficient (Wildman–Crippen LogP) is 4.26. The number of hydrogen-bond donors (Lipinski definition) is 2. The molecule has 1 fully saturated rings. The van der Waals surface area contributed by atoms with Crippen LogP contribution in [0.3, 0.4) is 0 Å². The van der Waals surface area contributed by atoms with Crippen LogP contribution in [-0.2, 0) is 6.42 Å². The van der Waals surface area contributed by atoms with E-state index >= 15 is 0 Å². The second kappa shape index (κ2) is 9.59. The van der Waals surface area contributed by atoms with Crippen molar-refractivity contribution in [3.05, 3.63) is 65.7 Å². The van der Waals surface area contributed by atoms with E-state index in [0.717, 1.165) is 12.2 Å². The minimum atomic E-state index is 0.0355. The largest absolute Gasteiger partial charge is 0.491 e. The summed E-state index contributed by atoms with van der Waals surface area (Å²) in [5.74, 6) is 0.876. The Balaban J connectivity index is 1.82. The zero-order valence-electron chi connectivity index (χ0n) is 14.9. The van der Waals surface area contributed by atoms with Crippen LogP contribution < -0.4 is 10.1 Å². The highest BCUT2D eigenvalue weighted by molar-refractivity contribution is 5.37. The van der Waals surface area contributed by atoms with Crippen molar-refractivity contribution >= 4 is 0 Å². The minimum Gasteiger partial charge on any atom is -0.491 e. The Morgan fingerprint density at radius 2 is 1.68 bits per heavy atom. The molecule has 0 bridgehead atoms. The van der Waals surface area contributed by atoms with Crippen molar-refractivity contribution in [2.45, 2.75) is 50.6 Å². The zero-order chi connectivity index (χ0) is 17.3. The standard InChI is InChI=1S/C22H29NO2/c24-15-16-25-22-14-8-7-13-20(22)21(17-18-9-3-1-4-10-18)23-19-11-5-2-6-12-19/h1,3-4,7-10,13-14,19,21,23-24H,2,5-6,11-12,15-17H2/t21-/m1/s1. The first kappa shape index (κ1) is 18.0. The lowest BCUT2D eigenvalue weighted by Crippen LogP contribution is -2.35. The molecule has 1 saturated carbocycles. The summed E-state index contributed by atoms with van der Waals surface area (Å²) in [6.07, 6.45) is 7.45. The fourth-order valence-electron chi connectivity index (χ4n) is 3.72. The number of nitrogens with one attached hydrogen (secondary N) is 1. The van der Waals surface area contributed by atoms with Crippen LogP contribution >= 0.6 is 0 Å². The van der Waals surface area contributed by atoms with E-state index in [1.54, 1.807) is 0 Å². The lowest BCUT2D eigenvalue weighted by Gasteiger charge is -2.30. The molecule has 0 saturated heterocycles. The van der Waals surface area contributed by atoms with E-state index in [-0.39, 0.29) is 12.6 Å². The Hall–Kier alpha value is -1.84. The molecule has 134 valence electrons. The number of aliphatic hydroxyl groups excluding tert-OH is 1. The molecule has 0 unspecified atom stereocenters. The van der Waals surface area contributed by atoms with Crippen molar-refractivity contribution in [1.29, 1.82) is 0 Å². The van der Waals surface area contributed by atoms with Gasteiger partial charge in [-0.1, -0.05) is 67.8 Å². The Kier molecular flexibility index (Phi) is 6.89. The van der Waals surface area contributed by atoms with Gasteiger partial charge in [-0.15, -0.1) is 0 Å². The summed E-state index contributed by atoms with van der Waals surface area (Å²) >= 11 is 0. The molecule has 0 heterocycles. The van der Waals surface area contributed by atoms with Crippen LogP contribution in [-0.4, -0.2) is 24.4 Å². The van der Waals surface area contributed by atoms with Gasteiger partial charge in [0.25, 0.3) is 0 Å². The molecule has 1 aliphatic rings. The monoisotopic (exact) mass is 339 g/mol. The molecular formula is C22H29NO2. The molecule has 3 rings (SSSR count). The van der Waals surface area contributed by atoms with Gasteiger partial charge < -0.3 is 15.2 Å². The molecule has 0 radical (unpaired) electrons. The molecule has 3 nitrogen and oxygen atoms in total. The van der Waals surface area contributed by atoms with Crippen LogP contribution in [0.15, 0.2) is 54.6 Å².